The largest absolute Gasteiger partial charge is 0.364 e. The minimum absolute atomic E-state index is 0.0928. The van der Waals surface area contributed by atoms with Crippen LogP contribution in [-0.4, -0.2) is 18.0 Å². The standard InChI is InChI=1S/C9H12O2/c1-3-4-8-5-6-9(2,7-10)11-8/h1,7-8H,4-6H2,2H3/t8-,9-/m1/s1. The van der Waals surface area contributed by atoms with Gasteiger partial charge < -0.3 is 9.53 Å². The number of terminal acetylenes is 1. The van der Waals surface area contributed by atoms with E-state index in [0.717, 1.165) is 19.1 Å². The van der Waals surface area contributed by atoms with E-state index in [1.807, 2.05) is 0 Å². The summed E-state index contributed by atoms with van der Waals surface area (Å²) in [6, 6.07) is 0. The third-order valence-electron chi connectivity index (χ3n) is 1.99. The number of aldehydes is 1. The summed E-state index contributed by atoms with van der Waals surface area (Å²) in [7, 11) is 0. The molecule has 2 heteroatoms. The fourth-order valence-electron chi connectivity index (χ4n) is 1.31. The molecule has 2 atom stereocenters. The van der Waals surface area contributed by atoms with Gasteiger partial charge in [-0.1, -0.05) is 0 Å². The molecule has 0 radical (unpaired) electrons. The Bertz CT molecular complexity index is 192. The number of hydrogen-bond donors (Lipinski definition) is 0. The third-order valence-corrected chi connectivity index (χ3v) is 1.99. The van der Waals surface area contributed by atoms with Crippen molar-refractivity contribution in [3.05, 3.63) is 0 Å². The van der Waals surface area contributed by atoms with Gasteiger partial charge in [-0.15, -0.1) is 12.3 Å². The van der Waals surface area contributed by atoms with Crippen LogP contribution in [-0.2, 0) is 9.53 Å². The quantitative estimate of drug-likeness (QED) is 0.438. The maximum absolute atomic E-state index is 10.5. The Hall–Kier alpha value is -0.810. The van der Waals surface area contributed by atoms with Gasteiger partial charge in [0.1, 0.15) is 5.60 Å². The molecule has 1 fully saturated rings. The van der Waals surface area contributed by atoms with E-state index in [4.69, 9.17) is 11.2 Å². The Morgan fingerprint density at radius 1 is 1.91 bits per heavy atom. The van der Waals surface area contributed by atoms with Gasteiger partial charge >= 0.3 is 0 Å². The molecule has 0 aliphatic carbocycles. The molecule has 0 unspecified atom stereocenters. The van der Waals surface area contributed by atoms with Crippen LogP contribution in [0, 0.1) is 12.3 Å². The first-order chi connectivity index (χ1) is 5.20. The van der Waals surface area contributed by atoms with Crippen LogP contribution < -0.4 is 0 Å². The van der Waals surface area contributed by atoms with Crippen LogP contribution in [0.2, 0.25) is 0 Å². The summed E-state index contributed by atoms with van der Waals surface area (Å²) in [5.74, 6) is 2.53. The molecule has 11 heavy (non-hydrogen) atoms. The first kappa shape index (κ1) is 8.29. The van der Waals surface area contributed by atoms with E-state index in [1.54, 1.807) is 6.92 Å². The lowest BCUT2D eigenvalue weighted by molar-refractivity contribution is -0.127. The molecule has 60 valence electrons. The SMILES string of the molecule is C#CC[C@@H]1CC[C@](C)(C=O)O1. The van der Waals surface area contributed by atoms with Gasteiger partial charge in [0.25, 0.3) is 0 Å². The molecule has 0 bridgehead atoms. The topological polar surface area (TPSA) is 26.3 Å². The Labute approximate surface area is 66.9 Å². The van der Waals surface area contributed by atoms with Crippen LogP contribution in [0.5, 0.6) is 0 Å². The van der Waals surface area contributed by atoms with E-state index in [1.165, 1.54) is 0 Å². The van der Waals surface area contributed by atoms with Crippen molar-refractivity contribution in [1.82, 2.24) is 0 Å². The summed E-state index contributed by atoms with van der Waals surface area (Å²) in [4.78, 5) is 10.5. The van der Waals surface area contributed by atoms with Crippen molar-refractivity contribution in [3.8, 4) is 12.3 Å². The van der Waals surface area contributed by atoms with E-state index >= 15 is 0 Å². The van der Waals surface area contributed by atoms with E-state index in [-0.39, 0.29) is 6.10 Å². The molecule has 0 amide bonds. The smallest absolute Gasteiger partial charge is 0.151 e. The highest BCUT2D eigenvalue weighted by atomic mass is 16.5. The molecule has 0 aromatic rings. The number of hydrogen-bond acceptors (Lipinski definition) is 2. The molecule has 2 nitrogen and oxygen atoms in total. The van der Waals surface area contributed by atoms with Crippen LogP contribution >= 0.6 is 0 Å². The summed E-state index contributed by atoms with van der Waals surface area (Å²) < 4.78 is 5.43. The Balaban J connectivity index is 2.47. The van der Waals surface area contributed by atoms with Gasteiger partial charge in [-0.05, 0) is 19.8 Å². The average molecular weight is 152 g/mol. The molecule has 1 aliphatic rings. The molecule has 0 aromatic heterocycles. The normalized spacial score (nSPS) is 36.5. The van der Waals surface area contributed by atoms with Gasteiger partial charge in [-0.25, -0.2) is 0 Å². The van der Waals surface area contributed by atoms with Gasteiger partial charge in [0.15, 0.2) is 6.29 Å². The first-order valence-corrected chi connectivity index (χ1v) is 3.78. The Kier molecular flexibility index (Phi) is 2.31. The molecule has 0 aromatic carbocycles. The van der Waals surface area contributed by atoms with E-state index < -0.39 is 5.60 Å². The van der Waals surface area contributed by atoms with Gasteiger partial charge in [0, 0.05) is 6.42 Å². The summed E-state index contributed by atoms with van der Waals surface area (Å²) in [5, 5.41) is 0. The van der Waals surface area contributed by atoms with Crippen LogP contribution in [0.15, 0.2) is 0 Å². The van der Waals surface area contributed by atoms with Crippen molar-refractivity contribution in [1.29, 1.82) is 0 Å². The molecule has 1 rings (SSSR count). The van der Waals surface area contributed by atoms with Crippen LogP contribution in [0.4, 0.5) is 0 Å². The van der Waals surface area contributed by atoms with Crippen LogP contribution in [0.1, 0.15) is 26.2 Å². The molecule has 0 spiro atoms. The zero-order valence-corrected chi connectivity index (χ0v) is 6.67. The van der Waals surface area contributed by atoms with Crippen molar-refractivity contribution < 1.29 is 9.53 Å². The van der Waals surface area contributed by atoms with Gasteiger partial charge in [-0.3, -0.25) is 0 Å². The maximum Gasteiger partial charge on any atom is 0.151 e. The fourth-order valence-corrected chi connectivity index (χ4v) is 1.31. The van der Waals surface area contributed by atoms with Crippen molar-refractivity contribution >= 4 is 6.29 Å². The Morgan fingerprint density at radius 3 is 3.09 bits per heavy atom. The summed E-state index contributed by atoms with van der Waals surface area (Å²) >= 11 is 0. The van der Waals surface area contributed by atoms with Crippen molar-refractivity contribution in [2.75, 3.05) is 0 Å². The lowest BCUT2D eigenvalue weighted by Crippen LogP contribution is -2.26. The minimum atomic E-state index is -0.568. The molecular formula is C9H12O2. The summed E-state index contributed by atoms with van der Waals surface area (Å²) in [6.45, 7) is 1.80. The monoisotopic (exact) mass is 152 g/mol. The zero-order chi connectivity index (χ0) is 8.32. The highest BCUT2D eigenvalue weighted by molar-refractivity contribution is 5.62. The second-order valence-corrected chi connectivity index (χ2v) is 3.12. The number of rotatable bonds is 2. The van der Waals surface area contributed by atoms with Crippen molar-refractivity contribution in [2.45, 2.75) is 37.9 Å². The highest BCUT2D eigenvalue weighted by Gasteiger charge is 2.34. The van der Waals surface area contributed by atoms with Gasteiger partial charge in [0.2, 0.25) is 0 Å². The maximum atomic E-state index is 10.5. The minimum Gasteiger partial charge on any atom is -0.364 e. The number of ether oxygens (including phenoxy) is 1. The average Bonchev–Trinajstić information content (AvgIpc) is 2.35. The highest BCUT2D eigenvalue weighted by Crippen LogP contribution is 2.29. The molecule has 1 heterocycles. The second kappa shape index (κ2) is 3.06. The summed E-state index contributed by atoms with van der Waals surface area (Å²) in [5.41, 5.74) is -0.568. The predicted molar refractivity (Wildman–Crippen MR) is 42.0 cm³/mol. The molecule has 1 aliphatic heterocycles. The molecule has 0 N–H and O–H groups in total. The van der Waals surface area contributed by atoms with E-state index in [9.17, 15) is 4.79 Å². The summed E-state index contributed by atoms with van der Waals surface area (Å²) in [6.07, 6.45) is 8.39. The van der Waals surface area contributed by atoms with Crippen LogP contribution in [0.3, 0.4) is 0 Å². The van der Waals surface area contributed by atoms with Gasteiger partial charge in [-0.2, -0.15) is 0 Å². The van der Waals surface area contributed by atoms with Crippen LogP contribution in [0.25, 0.3) is 0 Å². The third kappa shape index (κ3) is 1.81. The fraction of sp³-hybridized carbons (Fsp3) is 0.667. The lowest BCUT2D eigenvalue weighted by Gasteiger charge is -2.16. The molecular weight excluding hydrogens is 140 g/mol. The van der Waals surface area contributed by atoms with Gasteiger partial charge in [0.05, 0.1) is 6.10 Å². The number of carbonyl (C=O) groups excluding carboxylic acids is 1. The number of carbonyl (C=O) groups is 1. The second-order valence-electron chi connectivity index (χ2n) is 3.12. The van der Waals surface area contributed by atoms with Crippen molar-refractivity contribution in [3.63, 3.8) is 0 Å². The van der Waals surface area contributed by atoms with E-state index in [0.29, 0.717) is 6.42 Å². The predicted octanol–water partition coefficient (Wildman–Crippen LogP) is 1.15. The lowest BCUT2D eigenvalue weighted by atomic mass is 10.0. The molecule has 1 saturated heterocycles. The van der Waals surface area contributed by atoms with Crippen molar-refractivity contribution in [2.24, 2.45) is 0 Å². The molecule has 0 saturated carbocycles. The first-order valence-electron chi connectivity index (χ1n) is 3.78. The van der Waals surface area contributed by atoms with E-state index in [2.05, 4.69) is 5.92 Å². The zero-order valence-electron chi connectivity index (χ0n) is 6.67. The Morgan fingerprint density at radius 2 is 2.64 bits per heavy atom.